The fraction of sp³-hybridized carbons (Fsp3) is 0.556. The molecule has 2 atom stereocenters. The second kappa shape index (κ2) is 10.8. The fourth-order valence-corrected chi connectivity index (χ4v) is 3.90. The maximum Gasteiger partial charge on any atom is 0.131 e. The highest BCUT2D eigenvalue weighted by molar-refractivity contribution is 5.65. The molecule has 0 spiro atoms. The third-order valence-electron chi connectivity index (χ3n) is 6.02. The van der Waals surface area contributed by atoms with E-state index in [-0.39, 0.29) is 5.82 Å². The van der Waals surface area contributed by atoms with E-state index in [2.05, 4.69) is 71.9 Å². The molecular weight excluding hydrogens is 343 g/mol. The van der Waals surface area contributed by atoms with E-state index < -0.39 is 0 Å². The number of benzene rings is 2. The molecule has 0 aliphatic carbocycles. The standard InChI is InChI=1S/C27H39F/c1-7-22(11-9-20(4)5)23-12-14-24(15-13-23)26-17-16-25(18-27(26)28)21(6)10-8-19(2)3/h12-22H,7-11H2,1-6H3. The molecule has 0 fully saturated rings. The van der Waals surface area contributed by atoms with E-state index in [1.165, 1.54) is 24.8 Å². The summed E-state index contributed by atoms with van der Waals surface area (Å²) in [6.45, 7) is 13.5. The fourth-order valence-electron chi connectivity index (χ4n) is 3.90. The van der Waals surface area contributed by atoms with E-state index in [9.17, 15) is 4.39 Å². The van der Waals surface area contributed by atoms with E-state index in [1.54, 1.807) is 6.07 Å². The molecule has 28 heavy (non-hydrogen) atoms. The zero-order chi connectivity index (χ0) is 20.7. The maximum absolute atomic E-state index is 14.8. The van der Waals surface area contributed by atoms with Gasteiger partial charge < -0.3 is 0 Å². The monoisotopic (exact) mass is 382 g/mol. The first-order valence-corrected chi connectivity index (χ1v) is 11.2. The minimum absolute atomic E-state index is 0.103. The number of rotatable bonds is 10. The minimum Gasteiger partial charge on any atom is -0.206 e. The average molecular weight is 383 g/mol. The molecule has 154 valence electrons. The van der Waals surface area contributed by atoms with Crippen molar-refractivity contribution in [2.24, 2.45) is 11.8 Å². The maximum atomic E-state index is 14.8. The van der Waals surface area contributed by atoms with Crippen LogP contribution in [0.3, 0.4) is 0 Å². The third kappa shape index (κ3) is 6.47. The Bertz CT molecular complexity index is 712. The van der Waals surface area contributed by atoms with Gasteiger partial charge in [-0.15, -0.1) is 0 Å². The Morgan fingerprint density at radius 2 is 1.29 bits per heavy atom. The van der Waals surface area contributed by atoms with Crippen molar-refractivity contribution in [2.45, 2.75) is 85.5 Å². The smallest absolute Gasteiger partial charge is 0.131 e. The van der Waals surface area contributed by atoms with Crippen LogP contribution in [0.1, 0.15) is 96.6 Å². The Kier molecular flexibility index (Phi) is 8.73. The zero-order valence-electron chi connectivity index (χ0n) is 18.8. The predicted octanol–water partition coefficient (Wildman–Crippen LogP) is 8.96. The molecule has 0 radical (unpaired) electrons. The van der Waals surface area contributed by atoms with Gasteiger partial charge in [-0.05, 0) is 65.7 Å². The SMILES string of the molecule is CCC(CCC(C)C)c1ccc(-c2ccc(C(C)CCC(C)C)cc2F)cc1. The molecule has 2 rings (SSSR count). The van der Waals surface area contributed by atoms with Gasteiger partial charge in [-0.1, -0.05) is 90.8 Å². The van der Waals surface area contributed by atoms with Crippen molar-refractivity contribution in [1.29, 1.82) is 0 Å². The Hall–Kier alpha value is -1.63. The summed E-state index contributed by atoms with van der Waals surface area (Å²) in [6.07, 6.45) is 5.93. The van der Waals surface area contributed by atoms with Crippen LogP contribution in [0, 0.1) is 17.7 Å². The number of hydrogen-bond donors (Lipinski definition) is 0. The topological polar surface area (TPSA) is 0 Å². The predicted molar refractivity (Wildman–Crippen MR) is 121 cm³/mol. The van der Waals surface area contributed by atoms with Crippen LogP contribution in [-0.4, -0.2) is 0 Å². The second-order valence-corrected chi connectivity index (χ2v) is 9.31. The molecule has 2 unspecified atom stereocenters. The van der Waals surface area contributed by atoms with Gasteiger partial charge in [0.15, 0.2) is 0 Å². The zero-order valence-corrected chi connectivity index (χ0v) is 18.8. The van der Waals surface area contributed by atoms with Gasteiger partial charge in [0.2, 0.25) is 0 Å². The Morgan fingerprint density at radius 3 is 1.82 bits per heavy atom. The van der Waals surface area contributed by atoms with Crippen molar-refractivity contribution < 1.29 is 4.39 Å². The van der Waals surface area contributed by atoms with Crippen LogP contribution in [0.25, 0.3) is 11.1 Å². The van der Waals surface area contributed by atoms with Crippen molar-refractivity contribution in [3.8, 4) is 11.1 Å². The van der Waals surface area contributed by atoms with Gasteiger partial charge in [0.05, 0.1) is 0 Å². The summed E-state index contributed by atoms with van der Waals surface area (Å²) >= 11 is 0. The van der Waals surface area contributed by atoms with Crippen LogP contribution in [0.15, 0.2) is 42.5 Å². The molecule has 0 nitrogen and oxygen atoms in total. The summed E-state index contributed by atoms with van der Waals surface area (Å²) in [5.41, 5.74) is 4.17. The molecule has 0 bridgehead atoms. The van der Waals surface area contributed by atoms with E-state index >= 15 is 0 Å². The number of hydrogen-bond acceptors (Lipinski definition) is 0. The molecule has 1 heteroatoms. The molecule has 0 aromatic heterocycles. The van der Waals surface area contributed by atoms with Crippen LogP contribution in [0.4, 0.5) is 4.39 Å². The molecule has 0 N–H and O–H groups in total. The first kappa shape index (κ1) is 22.7. The molecule has 0 aliphatic rings. The summed E-state index contributed by atoms with van der Waals surface area (Å²) in [5.74, 6) is 2.33. The normalized spacial score (nSPS) is 13.9. The van der Waals surface area contributed by atoms with Crippen molar-refractivity contribution in [3.05, 3.63) is 59.4 Å². The van der Waals surface area contributed by atoms with Gasteiger partial charge in [0, 0.05) is 5.56 Å². The van der Waals surface area contributed by atoms with E-state index in [4.69, 9.17) is 0 Å². The lowest BCUT2D eigenvalue weighted by Crippen LogP contribution is -2.00. The Morgan fingerprint density at radius 1 is 0.714 bits per heavy atom. The first-order valence-electron chi connectivity index (χ1n) is 11.2. The molecule has 2 aromatic carbocycles. The summed E-state index contributed by atoms with van der Waals surface area (Å²) < 4.78 is 14.8. The Balaban J connectivity index is 2.12. The van der Waals surface area contributed by atoms with E-state index in [0.717, 1.165) is 29.9 Å². The van der Waals surface area contributed by atoms with Crippen molar-refractivity contribution in [2.75, 3.05) is 0 Å². The summed E-state index contributed by atoms with van der Waals surface area (Å²) in [4.78, 5) is 0. The molecule has 0 saturated heterocycles. The van der Waals surface area contributed by atoms with Gasteiger partial charge in [0.1, 0.15) is 5.82 Å². The van der Waals surface area contributed by atoms with Crippen LogP contribution in [0.2, 0.25) is 0 Å². The van der Waals surface area contributed by atoms with Gasteiger partial charge in [-0.3, -0.25) is 0 Å². The van der Waals surface area contributed by atoms with Crippen molar-refractivity contribution in [3.63, 3.8) is 0 Å². The van der Waals surface area contributed by atoms with Gasteiger partial charge in [-0.25, -0.2) is 4.39 Å². The summed E-state index contributed by atoms with van der Waals surface area (Å²) in [7, 11) is 0. The number of halogens is 1. The lowest BCUT2D eigenvalue weighted by molar-refractivity contribution is 0.492. The molecule has 0 heterocycles. The first-order chi connectivity index (χ1) is 13.3. The molecular formula is C27H39F. The van der Waals surface area contributed by atoms with Crippen LogP contribution >= 0.6 is 0 Å². The lowest BCUT2D eigenvalue weighted by Gasteiger charge is -2.17. The molecule has 0 aliphatic heterocycles. The Labute approximate surface area is 172 Å². The van der Waals surface area contributed by atoms with Gasteiger partial charge in [0.25, 0.3) is 0 Å². The van der Waals surface area contributed by atoms with E-state index in [1.807, 2.05) is 6.07 Å². The quantitative estimate of drug-likeness (QED) is 0.384. The highest BCUT2D eigenvalue weighted by atomic mass is 19.1. The highest BCUT2D eigenvalue weighted by Gasteiger charge is 2.13. The second-order valence-electron chi connectivity index (χ2n) is 9.31. The molecule has 2 aromatic rings. The third-order valence-corrected chi connectivity index (χ3v) is 6.02. The molecule has 0 saturated carbocycles. The van der Waals surface area contributed by atoms with E-state index in [0.29, 0.717) is 23.3 Å². The van der Waals surface area contributed by atoms with Crippen molar-refractivity contribution in [1.82, 2.24) is 0 Å². The average Bonchev–Trinajstić information content (AvgIpc) is 2.67. The van der Waals surface area contributed by atoms with Crippen LogP contribution in [0.5, 0.6) is 0 Å². The van der Waals surface area contributed by atoms with Crippen LogP contribution < -0.4 is 0 Å². The summed E-state index contributed by atoms with van der Waals surface area (Å²) in [6, 6.07) is 14.4. The highest BCUT2D eigenvalue weighted by Crippen LogP contribution is 2.31. The largest absolute Gasteiger partial charge is 0.206 e. The van der Waals surface area contributed by atoms with Gasteiger partial charge in [-0.2, -0.15) is 0 Å². The molecule has 0 amide bonds. The van der Waals surface area contributed by atoms with Crippen LogP contribution in [-0.2, 0) is 0 Å². The lowest BCUT2D eigenvalue weighted by atomic mass is 9.88. The minimum atomic E-state index is -0.103. The van der Waals surface area contributed by atoms with Crippen molar-refractivity contribution >= 4 is 0 Å². The van der Waals surface area contributed by atoms with Gasteiger partial charge >= 0.3 is 0 Å². The summed E-state index contributed by atoms with van der Waals surface area (Å²) in [5, 5.41) is 0.